The van der Waals surface area contributed by atoms with Crippen molar-refractivity contribution in [2.75, 3.05) is 0 Å². The smallest absolute Gasteiger partial charge is 0.238 e. The molecule has 0 fully saturated rings. The molecule has 18 heavy (non-hydrogen) atoms. The fraction of sp³-hybridized carbons (Fsp3) is 0. The first-order valence-electron chi connectivity index (χ1n) is 5.13. The Hall–Kier alpha value is -2.05. The molecule has 0 saturated heterocycles. The van der Waals surface area contributed by atoms with Crippen LogP contribution in [0.4, 0.5) is 5.69 Å². The molecule has 0 radical (unpaired) electrons. The maximum Gasteiger partial charge on any atom is 0.238 e. The van der Waals surface area contributed by atoms with Gasteiger partial charge in [-0.25, -0.2) is 13.6 Å². The van der Waals surface area contributed by atoms with Gasteiger partial charge in [0, 0.05) is 24.2 Å². The van der Waals surface area contributed by atoms with Gasteiger partial charge in [0.15, 0.2) is 0 Å². The summed E-state index contributed by atoms with van der Waals surface area (Å²) in [4.78, 5) is 8.23. The number of aliphatic imine (C=N–C) groups is 1. The molecule has 0 aliphatic heterocycles. The molecule has 0 bridgehead atoms. The van der Waals surface area contributed by atoms with E-state index in [1.807, 2.05) is 12.1 Å². The minimum Gasteiger partial charge on any atom is -0.264 e. The van der Waals surface area contributed by atoms with Gasteiger partial charge in [0.05, 0.1) is 10.6 Å². The van der Waals surface area contributed by atoms with Crippen LogP contribution in [0.3, 0.4) is 0 Å². The Morgan fingerprint density at radius 2 is 1.89 bits per heavy atom. The third-order valence-electron chi connectivity index (χ3n) is 2.21. The largest absolute Gasteiger partial charge is 0.264 e. The fourth-order valence-electron chi connectivity index (χ4n) is 1.32. The molecule has 0 atom stereocenters. The van der Waals surface area contributed by atoms with Crippen LogP contribution in [0.2, 0.25) is 0 Å². The lowest BCUT2D eigenvalue weighted by Crippen LogP contribution is -2.11. The van der Waals surface area contributed by atoms with Gasteiger partial charge in [-0.2, -0.15) is 0 Å². The van der Waals surface area contributed by atoms with E-state index in [2.05, 4.69) is 9.98 Å². The van der Waals surface area contributed by atoms with E-state index in [9.17, 15) is 8.42 Å². The van der Waals surface area contributed by atoms with E-state index in [-0.39, 0.29) is 4.90 Å². The van der Waals surface area contributed by atoms with Crippen molar-refractivity contribution < 1.29 is 8.42 Å². The summed E-state index contributed by atoms with van der Waals surface area (Å²) in [7, 11) is -3.65. The molecular formula is C12H11N3O2S. The minimum absolute atomic E-state index is 0.0721. The van der Waals surface area contributed by atoms with Gasteiger partial charge in [-0.3, -0.25) is 9.98 Å². The van der Waals surface area contributed by atoms with E-state index >= 15 is 0 Å². The van der Waals surface area contributed by atoms with E-state index in [1.54, 1.807) is 30.7 Å². The molecule has 0 spiro atoms. The van der Waals surface area contributed by atoms with Crippen LogP contribution in [0.25, 0.3) is 0 Å². The second kappa shape index (κ2) is 5.07. The first-order chi connectivity index (χ1) is 8.55. The average molecular weight is 261 g/mol. The van der Waals surface area contributed by atoms with Gasteiger partial charge < -0.3 is 0 Å². The van der Waals surface area contributed by atoms with Crippen molar-refractivity contribution in [2.45, 2.75) is 4.90 Å². The van der Waals surface area contributed by atoms with Gasteiger partial charge in [0.1, 0.15) is 0 Å². The maximum absolute atomic E-state index is 11.1. The SMILES string of the molecule is NS(=O)(=O)c1ccc(N=Cc2cccnc2)cc1. The fourth-order valence-corrected chi connectivity index (χ4v) is 1.84. The monoisotopic (exact) mass is 261 g/mol. The van der Waals surface area contributed by atoms with Crippen LogP contribution in [0.5, 0.6) is 0 Å². The van der Waals surface area contributed by atoms with Crippen molar-refractivity contribution in [1.29, 1.82) is 0 Å². The van der Waals surface area contributed by atoms with Crippen molar-refractivity contribution in [3.05, 3.63) is 54.4 Å². The Labute approximate surface area is 105 Å². The standard InChI is InChI=1S/C12H11N3O2S/c13-18(16,17)12-5-3-11(4-6-12)15-9-10-2-1-7-14-8-10/h1-9H,(H2,13,16,17). The van der Waals surface area contributed by atoms with E-state index in [4.69, 9.17) is 5.14 Å². The highest BCUT2D eigenvalue weighted by Gasteiger charge is 2.05. The summed E-state index contributed by atoms with van der Waals surface area (Å²) >= 11 is 0. The molecule has 0 amide bonds. The molecule has 0 aliphatic carbocycles. The number of hydrogen-bond acceptors (Lipinski definition) is 4. The molecule has 6 heteroatoms. The Morgan fingerprint density at radius 1 is 1.17 bits per heavy atom. The molecule has 2 aromatic rings. The third-order valence-corrected chi connectivity index (χ3v) is 3.14. The van der Waals surface area contributed by atoms with Gasteiger partial charge in [0.2, 0.25) is 10.0 Å². The molecule has 2 N–H and O–H groups in total. The van der Waals surface area contributed by atoms with E-state index in [0.717, 1.165) is 5.56 Å². The molecule has 2 rings (SSSR count). The number of aromatic nitrogens is 1. The van der Waals surface area contributed by atoms with Crippen LogP contribution < -0.4 is 5.14 Å². The highest BCUT2D eigenvalue weighted by molar-refractivity contribution is 7.89. The van der Waals surface area contributed by atoms with Crippen LogP contribution in [-0.2, 0) is 10.0 Å². The summed E-state index contributed by atoms with van der Waals surface area (Å²) in [6, 6.07) is 9.70. The summed E-state index contributed by atoms with van der Waals surface area (Å²) < 4.78 is 22.1. The van der Waals surface area contributed by atoms with Gasteiger partial charge in [-0.1, -0.05) is 6.07 Å². The zero-order chi connectivity index (χ0) is 13.0. The molecule has 1 aromatic carbocycles. The quantitative estimate of drug-likeness (QED) is 0.849. The first-order valence-corrected chi connectivity index (χ1v) is 6.67. The molecule has 1 aromatic heterocycles. The predicted octanol–water partition coefficient (Wildman–Crippen LogP) is 1.48. The minimum atomic E-state index is -3.65. The third kappa shape index (κ3) is 3.22. The second-order valence-electron chi connectivity index (χ2n) is 3.58. The lowest BCUT2D eigenvalue weighted by molar-refractivity contribution is 0.598. The van der Waals surface area contributed by atoms with Crippen molar-refractivity contribution in [2.24, 2.45) is 10.1 Å². The van der Waals surface area contributed by atoms with Gasteiger partial charge in [-0.05, 0) is 30.3 Å². The highest BCUT2D eigenvalue weighted by atomic mass is 32.2. The van der Waals surface area contributed by atoms with Crippen LogP contribution >= 0.6 is 0 Å². The van der Waals surface area contributed by atoms with Gasteiger partial charge in [-0.15, -0.1) is 0 Å². The highest BCUT2D eigenvalue weighted by Crippen LogP contribution is 2.15. The van der Waals surface area contributed by atoms with Crippen LogP contribution in [0.15, 0.2) is 58.7 Å². The molecule has 1 heterocycles. The van der Waals surface area contributed by atoms with Crippen LogP contribution in [-0.4, -0.2) is 19.6 Å². The maximum atomic E-state index is 11.1. The van der Waals surface area contributed by atoms with E-state index in [0.29, 0.717) is 5.69 Å². The summed E-state index contributed by atoms with van der Waals surface area (Å²) in [6.07, 6.45) is 5.01. The molecule has 0 saturated carbocycles. The Balaban J connectivity index is 2.19. The number of hydrogen-bond donors (Lipinski definition) is 1. The number of nitrogens with zero attached hydrogens (tertiary/aromatic N) is 2. The number of primary sulfonamides is 1. The lowest BCUT2D eigenvalue weighted by Gasteiger charge is -1.98. The second-order valence-corrected chi connectivity index (χ2v) is 5.14. The summed E-state index contributed by atoms with van der Waals surface area (Å²) in [5.74, 6) is 0. The topological polar surface area (TPSA) is 85.4 Å². The molecule has 0 unspecified atom stereocenters. The van der Waals surface area contributed by atoms with Gasteiger partial charge >= 0.3 is 0 Å². The van der Waals surface area contributed by atoms with Crippen molar-refractivity contribution in [1.82, 2.24) is 4.98 Å². The van der Waals surface area contributed by atoms with Gasteiger partial charge in [0.25, 0.3) is 0 Å². The molecule has 5 nitrogen and oxygen atoms in total. The zero-order valence-electron chi connectivity index (χ0n) is 9.39. The Kier molecular flexibility index (Phi) is 3.50. The summed E-state index contributed by atoms with van der Waals surface area (Å²) in [5, 5.41) is 5.00. The van der Waals surface area contributed by atoms with Crippen molar-refractivity contribution in [3.63, 3.8) is 0 Å². The number of sulfonamides is 1. The number of benzene rings is 1. The lowest BCUT2D eigenvalue weighted by atomic mass is 10.3. The van der Waals surface area contributed by atoms with Crippen LogP contribution in [0.1, 0.15) is 5.56 Å². The molecule has 92 valence electrons. The average Bonchev–Trinajstić information content (AvgIpc) is 2.37. The Morgan fingerprint density at radius 3 is 2.44 bits per heavy atom. The number of nitrogens with two attached hydrogens (primary N) is 1. The molecule has 0 aliphatic rings. The van der Waals surface area contributed by atoms with Crippen molar-refractivity contribution >= 4 is 21.9 Å². The Bertz CT molecular complexity index is 649. The zero-order valence-corrected chi connectivity index (χ0v) is 10.2. The number of rotatable bonds is 3. The normalized spacial score (nSPS) is 11.8. The van der Waals surface area contributed by atoms with Crippen LogP contribution in [0, 0.1) is 0 Å². The summed E-state index contributed by atoms with van der Waals surface area (Å²) in [5.41, 5.74) is 1.51. The number of pyridine rings is 1. The molecular weight excluding hydrogens is 250 g/mol. The van der Waals surface area contributed by atoms with Crippen molar-refractivity contribution in [3.8, 4) is 0 Å². The predicted molar refractivity (Wildman–Crippen MR) is 69.3 cm³/mol. The first kappa shape index (κ1) is 12.4. The summed E-state index contributed by atoms with van der Waals surface area (Å²) in [6.45, 7) is 0. The van der Waals surface area contributed by atoms with E-state index < -0.39 is 10.0 Å². The van der Waals surface area contributed by atoms with E-state index in [1.165, 1.54) is 12.1 Å².